The number of amides is 1. The van der Waals surface area contributed by atoms with Crippen molar-refractivity contribution in [3.63, 3.8) is 0 Å². The van der Waals surface area contributed by atoms with Gasteiger partial charge in [0.25, 0.3) is 0 Å². The van der Waals surface area contributed by atoms with Crippen LogP contribution in [0.2, 0.25) is 0 Å². The van der Waals surface area contributed by atoms with Gasteiger partial charge in [0, 0.05) is 30.5 Å². The number of likely N-dealkylation sites (tertiary alicyclic amines) is 1. The Kier molecular flexibility index (Phi) is 7.12. The molecule has 0 aliphatic carbocycles. The Bertz CT molecular complexity index is 522. The van der Waals surface area contributed by atoms with E-state index in [-0.39, 0.29) is 18.3 Å². The molecule has 1 N–H and O–H groups in total. The monoisotopic (exact) mass is 350 g/mol. The lowest BCUT2D eigenvalue weighted by molar-refractivity contribution is -0.138. The van der Waals surface area contributed by atoms with Crippen LogP contribution in [0.1, 0.15) is 57.4 Å². The second-order valence-electron chi connectivity index (χ2n) is 7.24. The van der Waals surface area contributed by atoms with Crippen molar-refractivity contribution in [1.29, 1.82) is 0 Å². The second-order valence-corrected chi connectivity index (χ2v) is 7.24. The maximum Gasteiger partial charge on any atom is 0.226 e. The third-order valence-corrected chi connectivity index (χ3v) is 5.69. The molecule has 2 fully saturated rings. The minimum absolute atomic E-state index is 0. The van der Waals surface area contributed by atoms with Gasteiger partial charge in [-0.2, -0.15) is 0 Å². The summed E-state index contributed by atoms with van der Waals surface area (Å²) in [6.45, 7) is 6.38. The fraction of sp³-hybridized carbons (Fsp3) is 0.650. The number of nitrogens with one attached hydrogen (secondary N) is 1. The molecule has 4 heteroatoms. The number of nitrogens with zero attached hydrogens (tertiary/aromatic N) is 1. The van der Waals surface area contributed by atoms with Gasteiger partial charge in [-0.1, -0.05) is 37.3 Å². The van der Waals surface area contributed by atoms with Gasteiger partial charge in [0.15, 0.2) is 0 Å². The fourth-order valence-electron chi connectivity index (χ4n) is 4.51. The van der Waals surface area contributed by atoms with Crippen LogP contribution in [0.5, 0.6) is 0 Å². The lowest BCUT2D eigenvalue weighted by Gasteiger charge is -2.36. The molecule has 24 heavy (non-hydrogen) atoms. The second kappa shape index (κ2) is 8.87. The third-order valence-electron chi connectivity index (χ3n) is 5.69. The molecule has 1 aromatic carbocycles. The number of hydrogen-bond acceptors (Lipinski definition) is 2. The van der Waals surface area contributed by atoms with Gasteiger partial charge in [-0.3, -0.25) is 4.79 Å². The van der Waals surface area contributed by atoms with Gasteiger partial charge in [-0.05, 0) is 51.1 Å². The smallest absolute Gasteiger partial charge is 0.226 e. The van der Waals surface area contributed by atoms with E-state index in [1.54, 1.807) is 0 Å². The highest BCUT2D eigenvalue weighted by Gasteiger charge is 2.38. The van der Waals surface area contributed by atoms with Crippen LogP contribution in [0.25, 0.3) is 0 Å². The Morgan fingerprint density at radius 3 is 2.71 bits per heavy atom. The van der Waals surface area contributed by atoms with E-state index in [9.17, 15) is 4.79 Å². The molecule has 3 nitrogen and oxygen atoms in total. The van der Waals surface area contributed by atoms with Crippen molar-refractivity contribution in [2.24, 2.45) is 5.92 Å². The summed E-state index contributed by atoms with van der Waals surface area (Å²) in [4.78, 5) is 15.3. The minimum atomic E-state index is 0. The molecule has 2 aliphatic heterocycles. The van der Waals surface area contributed by atoms with Gasteiger partial charge >= 0.3 is 0 Å². The van der Waals surface area contributed by atoms with E-state index in [4.69, 9.17) is 0 Å². The lowest BCUT2D eigenvalue weighted by Crippen LogP contribution is -2.47. The quantitative estimate of drug-likeness (QED) is 0.890. The average Bonchev–Trinajstić information content (AvgIpc) is 3.05. The van der Waals surface area contributed by atoms with E-state index in [0.717, 1.165) is 45.2 Å². The predicted octanol–water partition coefficient (Wildman–Crippen LogP) is 3.98. The topological polar surface area (TPSA) is 32.3 Å². The molecule has 0 radical (unpaired) electrons. The molecular formula is C20H31ClN2O. The summed E-state index contributed by atoms with van der Waals surface area (Å²) in [6, 6.07) is 11.6. The predicted molar refractivity (Wildman–Crippen MR) is 102 cm³/mol. The van der Waals surface area contributed by atoms with Crippen molar-refractivity contribution in [2.75, 3.05) is 13.1 Å². The number of carbonyl (C=O) groups excluding carboxylic acids is 1. The van der Waals surface area contributed by atoms with Crippen molar-refractivity contribution in [3.8, 4) is 0 Å². The zero-order chi connectivity index (χ0) is 16.2. The SMILES string of the molecule is CCC(c1ccccc1)C1CCCN1C(=O)[C@H]1CCN[C@@H](C)C1.Cl. The maximum absolute atomic E-state index is 13.1. The number of carbonyl (C=O) groups is 1. The van der Waals surface area contributed by atoms with Crippen LogP contribution in [0, 0.1) is 5.92 Å². The molecule has 134 valence electrons. The first-order valence-corrected chi connectivity index (χ1v) is 9.29. The molecule has 2 unspecified atom stereocenters. The van der Waals surface area contributed by atoms with Crippen LogP contribution >= 0.6 is 12.4 Å². The summed E-state index contributed by atoms with van der Waals surface area (Å²) in [5, 5.41) is 3.46. The van der Waals surface area contributed by atoms with Crippen LogP contribution < -0.4 is 5.32 Å². The Labute approximate surface area is 152 Å². The van der Waals surface area contributed by atoms with Crippen LogP contribution in [0.4, 0.5) is 0 Å². The zero-order valence-electron chi connectivity index (χ0n) is 14.9. The van der Waals surface area contributed by atoms with Gasteiger partial charge in [-0.25, -0.2) is 0 Å². The zero-order valence-corrected chi connectivity index (χ0v) is 15.7. The molecule has 0 spiro atoms. The van der Waals surface area contributed by atoms with Crippen LogP contribution in [0.15, 0.2) is 30.3 Å². The minimum Gasteiger partial charge on any atom is -0.339 e. The summed E-state index contributed by atoms with van der Waals surface area (Å²) >= 11 is 0. The first-order chi connectivity index (χ1) is 11.2. The van der Waals surface area contributed by atoms with Crippen molar-refractivity contribution in [3.05, 3.63) is 35.9 Å². The van der Waals surface area contributed by atoms with E-state index in [1.165, 1.54) is 5.56 Å². The van der Waals surface area contributed by atoms with E-state index >= 15 is 0 Å². The van der Waals surface area contributed by atoms with Crippen molar-refractivity contribution >= 4 is 18.3 Å². The lowest BCUT2D eigenvalue weighted by atomic mass is 9.86. The molecular weight excluding hydrogens is 320 g/mol. The summed E-state index contributed by atoms with van der Waals surface area (Å²) in [7, 11) is 0. The molecule has 1 amide bonds. The maximum atomic E-state index is 13.1. The van der Waals surface area contributed by atoms with Crippen LogP contribution in [-0.4, -0.2) is 36.0 Å². The van der Waals surface area contributed by atoms with E-state index < -0.39 is 0 Å². The van der Waals surface area contributed by atoms with Crippen LogP contribution in [-0.2, 0) is 4.79 Å². The van der Waals surface area contributed by atoms with Crippen molar-refractivity contribution in [2.45, 2.75) is 64.0 Å². The van der Waals surface area contributed by atoms with Gasteiger partial charge in [0.05, 0.1) is 0 Å². The summed E-state index contributed by atoms with van der Waals surface area (Å²) in [6.07, 6.45) is 5.39. The number of piperidine rings is 1. The number of benzene rings is 1. The van der Waals surface area contributed by atoms with Gasteiger partial charge < -0.3 is 10.2 Å². The molecule has 0 saturated carbocycles. The van der Waals surface area contributed by atoms with Gasteiger partial charge in [0.2, 0.25) is 5.91 Å². The number of halogens is 1. The summed E-state index contributed by atoms with van der Waals surface area (Å²) in [5.41, 5.74) is 1.39. The third kappa shape index (κ3) is 4.12. The Hall–Kier alpha value is -1.06. The highest BCUT2D eigenvalue weighted by Crippen LogP contribution is 2.35. The number of hydrogen-bond donors (Lipinski definition) is 1. The summed E-state index contributed by atoms with van der Waals surface area (Å²) in [5.74, 6) is 1.11. The molecule has 2 aliphatic rings. The normalized spacial score (nSPS) is 28.2. The first kappa shape index (κ1) is 19.3. The Morgan fingerprint density at radius 1 is 1.29 bits per heavy atom. The largest absolute Gasteiger partial charge is 0.339 e. The molecule has 0 aromatic heterocycles. The molecule has 2 heterocycles. The number of rotatable bonds is 4. The van der Waals surface area contributed by atoms with E-state index in [2.05, 4.69) is 54.4 Å². The molecule has 4 atom stereocenters. The molecule has 1 aromatic rings. The van der Waals surface area contributed by atoms with Gasteiger partial charge in [0.1, 0.15) is 0 Å². The van der Waals surface area contributed by atoms with Crippen molar-refractivity contribution < 1.29 is 4.79 Å². The van der Waals surface area contributed by atoms with E-state index in [0.29, 0.717) is 23.9 Å². The van der Waals surface area contributed by atoms with E-state index in [1.807, 2.05) is 0 Å². The van der Waals surface area contributed by atoms with Crippen LogP contribution in [0.3, 0.4) is 0 Å². The molecule has 3 rings (SSSR count). The Balaban J connectivity index is 0.00000208. The first-order valence-electron chi connectivity index (χ1n) is 9.29. The Morgan fingerprint density at radius 2 is 2.04 bits per heavy atom. The average molecular weight is 351 g/mol. The van der Waals surface area contributed by atoms with Crippen molar-refractivity contribution in [1.82, 2.24) is 10.2 Å². The highest BCUT2D eigenvalue weighted by molar-refractivity contribution is 5.85. The van der Waals surface area contributed by atoms with Gasteiger partial charge in [-0.15, -0.1) is 12.4 Å². The molecule has 2 saturated heterocycles. The summed E-state index contributed by atoms with van der Waals surface area (Å²) < 4.78 is 0. The fourth-order valence-corrected chi connectivity index (χ4v) is 4.51. The highest BCUT2D eigenvalue weighted by atomic mass is 35.5. The molecule has 0 bridgehead atoms. The standard InChI is InChI=1S/C20H30N2O.ClH/c1-3-18(16-8-5-4-6-9-16)19-10-7-13-22(19)20(23)17-11-12-21-15(2)14-17;/h4-6,8-9,15,17-19,21H,3,7,10-14H2,1-2H3;1H/t15-,17-,18?,19?;/m0./s1.